The summed E-state index contributed by atoms with van der Waals surface area (Å²) < 4.78 is 6.74. The number of aromatic nitrogens is 5. The fourth-order valence-electron chi connectivity index (χ4n) is 2.94. The van der Waals surface area contributed by atoms with E-state index in [-0.39, 0.29) is 5.91 Å². The average Bonchev–Trinajstić information content (AvgIpc) is 3.38. The zero-order chi connectivity index (χ0) is 20.8. The number of benzene rings is 1. The SMILES string of the molecule is COCCNc1ccnn2c(C#CCCNC(=O)c3nc4ccccc4[nH]3)cnc12. The number of amides is 1. The van der Waals surface area contributed by atoms with Crippen molar-refractivity contribution in [2.24, 2.45) is 0 Å². The van der Waals surface area contributed by atoms with Gasteiger partial charge < -0.3 is 20.4 Å². The molecule has 0 fully saturated rings. The van der Waals surface area contributed by atoms with E-state index in [0.29, 0.717) is 43.3 Å². The molecule has 0 unspecified atom stereocenters. The molecule has 9 nitrogen and oxygen atoms in total. The van der Waals surface area contributed by atoms with Gasteiger partial charge >= 0.3 is 0 Å². The Bertz CT molecular complexity index is 1200. The van der Waals surface area contributed by atoms with Crippen molar-refractivity contribution < 1.29 is 9.53 Å². The zero-order valence-corrected chi connectivity index (χ0v) is 16.5. The van der Waals surface area contributed by atoms with Crippen LogP contribution in [-0.2, 0) is 4.74 Å². The summed E-state index contributed by atoms with van der Waals surface area (Å²) in [5.74, 6) is 6.15. The van der Waals surface area contributed by atoms with E-state index in [1.165, 1.54) is 0 Å². The van der Waals surface area contributed by atoms with Crippen molar-refractivity contribution >= 4 is 28.3 Å². The Labute approximate surface area is 172 Å². The molecule has 0 aliphatic heterocycles. The van der Waals surface area contributed by atoms with E-state index in [9.17, 15) is 4.79 Å². The molecule has 0 aliphatic rings. The number of aromatic amines is 1. The molecule has 0 bridgehead atoms. The van der Waals surface area contributed by atoms with Crippen molar-refractivity contribution in [2.75, 3.05) is 32.1 Å². The van der Waals surface area contributed by atoms with Gasteiger partial charge in [-0.2, -0.15) is 5.10 Å². The van der Waals surface area contributed by atoms with Crippen LogP contribution in [0.2, 0.25) is 0 Å². The number of hydrogen-bond donors (Lipinski definition) is 3. The highest BCUT2D eigenvalue weighted by atomic mass is 16.5. The molecule has 4 rings (SSSR count). The molecule has 3 aromatic heterocycles. The second-order valence-electron chi connectivity index (χ2n) is 6.45. The number of hydrogen-bond acceptors (Lipinski definition) is 6. The average molecular weight is 403 g/mol. The molecule has 152 valence electrons. The van der Waals surface area contributed by atoms with Crippen molar-refractivity contribution in [1.82, 2.24) is 29.9 Å². The first kappa shape index (κ1) is 19.4. The highest BCUT2D eigenvalue weighted by Crippen LogP contribution is 2.15. The van der Waals surface area contributed by atoms with Crippen LogP contribution in [0.3, 0.4) is 0 Å². The second-order valence-corrected chi connectivity index (χ2v) is 6.45. The fourth-order valence-corrected chi connectivity index (χ4v) is 2.94. The number of imidazole rings is 2. The number of nitrogens with zero attached hydrogens (tertiary/aromatic N) is 4. The van der Waals surface area contributed by atoms with Gasteiger partial charge in [-0.15, -0.1) is 0 Å². The summed E-state index contributed by atoms with van der Waals surface area (Å²) in [6.07, 6.45) is 3.87. The topological polar surface area (TPSA) is 109 Å². The maximum absolute atomic E-state index is 12.2. The van der Waals surface area contributed by atoms with Gasteiger partial charge in [0.25, 0.3) is 5.91 Å². The summed E-state index contributed by atoms with van der Waals surface area (Å²) in [6.45, 7) is 1.69. The summed E-state index contributed by atoms with van der Waals surface area (Å²) >= 11 is 0. The number of carbonyl (C=O) groups excluding carboxylic acids is 1. The van der Waals surface area contributed by atoms with Gasteiger partial charge in [0.1, 0.15) is 5.69 Å². The molecule has 30 heavy (non-hydrogen) atoms. The Morgan fingerprint density at radius 3 is 3.03 bits per heavy atom. The van der Waals surface area contributed by atoms with Gasteiger partial charge in [-0.25, -0.2) is 14.5 Å². The Balaban J connectivity index is 1.35. The summed E-state index contributed by atoms with van der Waals surface area (Å²) in [6, 6.07) is 9.38. The molecular formula is C21H21N7O2. The number of carbonyl (C=O) groups is 1. The molecule has 0 radical (unpaired) electrons. The molecule has 1 amide bonds. The number of ether oxygens (including phenoxy) is 1. The van der Waals surface area contributed by atoms with Gasteiger partial charge in [-0.05, 0) is 24.1 Å². The van der Waals surface area contributed by atoms with E-state index in [2.05, 4.69) is 42.5 Å². The highest BCUT2D eigenvalue weighted by Gasteiger charge is 2.10. The van der Waals surface area contributed by atoms with Crippen LogP contribution < -0.4 is 10.6 Å². The van der Waals surface area contributed by atoms with E-state index in [4.69, 9.17) is 4.74 Å². The summed E-state index contributed by atoms with van der Waals surface area (Å²) in [5.41, 5.74) is 3.85. The standard InChI is InChI=1S/C21H21N7O2/c1-30-13-12-22-18-9-11-25-28-15(14-24-20(18)28)6-4-5-10-23-21(29)19-26-16-7-2-3-8-17(16)27-19/h2-3,7-9,11,14,22H,5,10,12-13H2,1H3,(H,23,29)(H,26,27). The largest absolute Gasteiger partial charge is 0.383 e. The van der Waals surface area contributed by atoms with Crippen molar-refractivity contribution in [1.29, 1.82) is 0 Å². The molecule has 0 atom stereocenters. The maximum atomic E-state index is 12.2. The lowest BCUT2D eigenvalue weighted by Crippen LogP contribution is -2.25. The van der Waals surface area contributed by atoms with Crippen LogP contribution in [0.1, 0.15) is 22.7 Å². The summed E-state index contributed by atoms with van der Waals surface area (Å²) in [4.78, 5) is 23.9. The predicted molar refractivity (Wildman–Crippen MR) is 113 cm³/mol. The monoisotopic (exact) mass is 403 g/mol. The van der Waals surface area contributed by atoms with E-state index in [1.807, 2.05) is 30.3 Å². The third kappa shape index (κ3) is 4.24. The minimum atomic E-state index is -0.253. The molecule has 1 aromatic carbocycles. The lowest BCUT2D eigenvalue weighted by Gasteiger charge is -2.06. The van der Waals surface area contributed by atoms with Gasteiger partial charge in [-0.1, -0.05) is 18.1 Å². The number of H-pyrrole nitrogens is 1. The summed E-state index contributed by atoms with van der Waals surface area (Å²) in [7, 11) is 1.66. The highest BCUT2D eigenvalue weighted by molar-refractivity contribution is 5.94. The van der Waals surface area contributed by atoms with Crippen LogP contribution in [0.4, 0.5) is 5.69 Å². The number of methoxy groups -OCH3 is 1. The minimum Gasteiger partial charge on any atom is -0.383 e. The van der Waals surface area contributed by atoms with Gasteiger partial charge in [0.05, 0.1) is 35.7 Å². The number of rotatable bonds is 7. The third-order valence-electron chi connectivity index (χ3n) is 4.38. The van der Waals surface area contributed by atoms with E-state index in [0.717, 1.165) is 16.7 Å². The lowest BCUT2D eigenvalue weighted by molar-refractivity contribution is 0.0945. The number of para-hydroxylation sites is 2. The number of anilines is 1. The molecule has 3 N–H and O–H groups in total. The first-order valence-corrected chi connectivity index (χ1v) is 9.53. The number of fused-ring (bicyclic) bond motifs is 2. The first-order valence-electron chi connectivity index (χ1n) is 9.53. The van der Waals surface area contributed by atoms with Gasteiger partial charge in [0, 0.05) is 26.6 Å². The van der Waals surface area contributed by atoms with E-state index < -0.39 is 0 Å². The maximum Gasteiger partial charge on any atom is 0.287 e. The molecule has 0 spiro atoms. The van der Waals surface area contributed by atoms with Crippen LogP contribution in [0, 0.1) is 11.8 Å². The minimum absolute atomic E-state index is 0.253. The van der Waals surface area contributed by atoms with Crippen LogP contribution in [0.5, 0.6) is 0 Å². The third-order valence-corrected chi connectivity index (χ3v) is 4.38. The van der Waals surface area contributed by atoms with Crippen molar-refractivity contribution in [3.05, 3.63) is 54.2 Å². The van der Waals surface area contributed by atoms with Crippen LogP contribution in [-0.4, -0.2) is 57.3 Å². The van der Waals surface area contributed by atoms with Crippen LogP contribution >= 0.6 is 0 Å². The number of nitrogens with one attached hydrogen (secondary N) is 3. The molecule has 0 saturated carbocycles. The Morgan fingerprint density at radius 1 is 1.27 bits per heavy atom. The molecule has 3 heterocycles. The molecule has 9 heteroatoms. The Morgan fingerprint density at radius 2 is 2.17 bits per heavy atom. The normalized spacial score (nSPS) is 10.7. The van der Waals surface area contributed by atoms with Gasteiger partial charge in [-0.3, -0.25) is 4.79 Å². The molecule has 4 aromatic rings. The molecule has 0 saturated heterocycles. The quantitative estimate of drug-likeness (QED) is 0.321. The fraction of sp³-hybridized carbons (Fsp3) is 0.238. The predicted octanol–water partition coefficient (Wildman–Crippen LogP) is 1.84. The van der Waals surface area contributed by atoms with Crippen molar-refractivity contribution in [3.8, 4) is 11.8 Å². The van der Waals surface area contributed by atoms with Crippen LogP contribution in [0.15, 0.2) is 42.7 Å². The van der Waals surface area contributed by atoms with E-state index >= 15 is 0 Å². The van der Waals surface area contributed by atoms with Crippen molar-refractivity contribution in [2.45, 2.75) is 6.42 Å². The Kier molecular flexibility index (Phi) is 5.87. The van der Waals surface area contributed by atoms with Gasteiger partial charge in [0.2, 0.25) is 0 Å². The zero-order valence-electron chi connectivity index (χ0n) is 16.5. The molecular weight excluding hydrogens is 382 g/mol. The second kappa shape index (κ2) is 9.07. The van der Waals surface area contributed by atoms with Crippen LogP contribution in [0.25, 0.3) is 16.7 Å². The smallest absolute Gasteiger partial charge is 0.287 e. The first-order chi connectivity index (χ1) is 14.8. The molecule has 0 aliphatic carbocycles. The van der Waals surface area contributed by atoms with Crippen molar-refractivity contribution in [3.63, 3.8) is 0 Å². The van der Waals surface area contributed by atoms with E-state index in [1.54, 1.807) is 24.0 Å². The lowest BCUT2D eigenvalue weighted by atomic mass is 10.3. The summed E-state index contributed by atoms with van der Waals surface area (Å²) in [5, 5.41) is 10.4. The van der Waals surface area contributed by atoms with Gasteiger partial charge in [0.15, 0.2) is 11.5 Å². The Hall–Kier alpha value is -3.90.